The van der Waals surface area contributed by atoms with Crippen LogP contribution < -0.4 is 10.6 Å². The predicted octanol–water partition coefficient (Wildman–Crippen LogP) is 2.47. The number of hydrogen-bond acceptors (Lipinski definition) is 4. The van der Waals surface area contributed by atoms with Crippen molar-refractivity contribution >= 4 is 29.0 Å². The summed E-state index contributed by atoms with van der Waals surface area (Å²) < 4.78 is 5.71. The van der Waals surface area contributed by atoms with Gasteiger partial charge in [-0.15, -0.1) is 0 Å². The fourth-order valence-electron chi connectivity index (χ4n) is 2.49. The molecule has 0 radical (unpaired) electrons. The van der Waals surface area contributed by atoms with Gasteiger partial charge in [-0.25, -0.2) is 4.79 Å². The summed E-state index contributed by atoms with van der Waals surface area (Å²) in [6.07, 6.45) is -0.103. The van der Waals surface area contributed by atoms with Crippen molar-refractivity contribution in [3.05, 3.63) is 52.7 Å². The fraction of sp³-hybridized carbons (Fsp3) is 0.294. The average Bonchev–Trinajstić information content (AvgIpc) is 3.15. The first-order valence-corrected chi connectivity index (χ1v) is 8.68. The van der Waals surface area contributed by atoms with Crippen molar-refractivity contribution in [2.75, 3.05) is 31.6 Å². The lowest BCUT2D eigenvalue weighted by atomic mass is 10.1. The summed E-state index contributed by atoms with van der Waals surface area (Å²) in [6, 6.07) is 10.9. The number of rotatable bonds is 4. The number of nitrogens with one attached hydrogen (secondary N) is 2. The van der Waals surface area contributed by atoms with Crippen LogP contribution in [-0.2, 0) is 9.53 Å². The number of benzene rings is 1. The summed E-state index contributed by atoms with van der Waals surface area (Å²) in [5.74, 6) is -0.253. The Bertz CT molecular complexity index is 676. The second-order valence-electron chi connectivity index (χ2n) is 5.44. The maximum Gasteiger partial charge on any atom is 0.318 e. The van der Waals surface area contributed by atoms with E-state index < -0.39 is 0 Å². The molecule has 3 amide bonds. The van der Waals surface area contributed by atoms with Gasteiger partial charge in [0.05, 0.1) is 19.7 Å². The topological polar surface area (TPSA) is 70.7 Å². The van der Waals surface area contributed by atoms with Crippen molar-refractivity contribution in [1.29, 1.82) is 0 Å². The quantitative estimate of drug-likeness (QED) is 0.894. The van der Waals surface area contributed by atoms with Gasteiger partial charge in [-0.2, -0.15) is 11.3 Å². The fourth-order valence-corrected chi connectivity index (χ4v) is 3.19. The van der Waals surface area contributed by atoms with Gasteiger partial charge in [0.1, 0.15) is 6.10 Å². The standard InChI is InChI=1S/C17H19N3O3S/c21-16(19-14-4-2-1-3-5-14)10-18-17(22)20-7-8-23-15(11-20)13-6-9-24-12-13/h1-6,9,12,15H,7-8,10-11H2,(H,18,22)(H,19,21)/t15-/m1/s1. The van der Waals surface area contributed by atoms with Crippen molar-refractivity contribution in [2.45, 2.75) is 6.10 Å². The predicted molar refractivity (Wildman–Crippen MR) is 93.1 cm³/mol. The molecule has 2 aromatic rings. The number of anilines is 1. The first-order valence-electron chi connectivity index (χ1n) is 7.74. The second-order valence-corrected chi connectivity index (χ2v) is 6.22. The highest BCUT2D eigenvalue weighted by atomic mass is 32.1. The Morgan fingerprint density at radius 2 is 2.08 bits per heavy atom. The van der Waals surface area contributed by atoms with E-state index in [1.165, 1.54) is 0 Å². The molecule has 2 N–H and O–H groups in total. The number of urea groups is 1. The van der Waals surface area contributed by atoms with Crippen molar-refractivity contribution in [3.8, 4) is 0 Å². The van der Waals surface area contributed by atoms with Gasteiger partial charge >= 0.3 is 6.03 Å². The van der Waals surface area contributed by atoms with E-state index in [0.717, 1.165) is 5.56 Å². The number of hydrogen-bond donors (Lipinski definition) is 2. The molecule has 1 aromatic carbocycles. The molecule has 0 bridgehead atoms. The minimum absolute atomic E-state index is 0.0613. The Morgan fingerprint density at radius 3 is 2.83 bits per heavy atom. The van der Waals surface area contributed by atoms with Crippen LogP contribution in [0.2, 0.25) is 0 Å². The molecule has 1 fully saturated rings. The van der Waals surface area contributed by atoms with Gasteiger partial charge in [-0.05, 0) is 34.5 Å². The maximum absolute atomic E-state index is 12.3. The van der Waals surface area contributed by atoms with E-state index in [2.05, 4.69) is 10.6 Å². The molecule has 0 spiro atoms. The molecular weight excluding hydrogens is 326 g/mol. The zero-order chi connectivity index (χ0) is 16.8. The molecule has 2 heterocycles. The molecule has 1 aliphatic heterocycles. The van der Waals surface area contributed by atoms with Gasteiger partial charge in [-0.1, -0.05) is 18.2 Å². The monoisotopic (exact) mass is 345 g/mol. The number of para-hydroxylation sites is 1. The van der Waals surface area contributed by atoms with Crippen LogP contribution in [0, 0.1) is 0 Å². The van der Waals surface area contributed by atoms with E-state index in [1.807, 2.05) is 35.0 Å². The lowest BCUT2D eigenvalue weighted by molar-refractivity contribution is -0.115. The van der Waals surface area contributed by atoms with Gasteiger partial charge in [0.2, 0.25) is 5.91 Å². The summed E-state index contributed by atoms with van der Waals surface area (Å²) >= 11 is 1.61. The summed E-state index contributed by atoms with van der Waals surface area (Å²) in [5, 5.41) is 9.41. The molecule has 0 aliphatic carbocycles. The molecule has 1 aromatic heterocycles. The van der Waals surface area contributed by atoms with E-state index in [9.17, 15) is 9.59 Å². The largest absolute Gasteiger partial charge is 0.370 e. The van der Waals surface area contributed by atoms with Crippen molar-refractivity contribution in [3.63, 3.8) is 0 Å². The van der Waals surface area contributed by atoms with Crippen LogP contribution in [0.3, 0.4) is 0 Å². The van der Waals surface area contributed by atoms with Crippen molar-refractivity contribution < 1.29 is 14.3 Å². The van der Waals surface area contributed by atoms with E-state index in [-0.39, 0.29) is 24.6 Å². The van der Waals surface area contributed by atoms with Crippen LogP contribution >= 0.6 is 11.3 Å². The van der Waals surface area contributed by atoms with Crippen LogP contribution in [0.15, 0.2) is 47.2 Å². The Kier molecular flexibility index (Phi) is 5.45. The van der Waals surface area contributed by atoms with E-state index in [1.54, 1.807) is 28.4 Å². The van der Waals surface area contributed by atoms with Crippen LogP contribution in [0.1, 0.15) is 11.7 Å². The highest BCUT2D eigenvalue weighted by Crippen LogP contribution is 2.24. The van der Waals surface area contributed by atoms with E-state index in [4.69, 9.17) is 4.74 Å². The molecule has 6 nitrogen and oxygen atoms in total. The molecule has 126 valence electrons. The van der Waals surface area contributed by atoms with Crippen molar-refractivity contribution in [2.24, 2.45) is 0 Å². The first kappa shape index (κ1) is 16.5. The Morgan fingerprint density at radius 1 is 1.25 bits per heavy atom. The smallest absolute Gasteiger partial charge is 0.318 e. The number of ether oxygens (including phenoxy) is 1. The van der Waals surface area contributed by atoms with Crippen molar-refractivity contribution in [1.82, 2.24) is 10.2 Å². The van der Waals surface area contributed by atoms with Crippen LogP contribution in [0.25, 0.3) is 0 Å². The molecule has 1 saturated heterocycles. The Balaban J connectivity index is 1.47. The van der Waals surface area contributed by atoms with Crippen LogP contribution in [-0.4, -0.2) is 43.1 Å². The zero-order valence-corrected chi connectivity index (χ0v) is 13.9. The van der Waals surface area contributed by atoms with Gasteiger partial charge in [-0.3, -0.25) is 4.79 Å². The number of amides is 3. The van der Waals surface area contributed by atoms with Crippen LogP contribution in [0.4, 0.5) is 10.5 Å². The second kappa shape index (κ2) is 7.94. The van der Waals surface area contributed by atoms with Gasteiger partial charge in [0.25, 0.3) is 0 Å². The third-order valence-electron chi connectivity index (χ3n) is 3.73. The molecule has 3 rings (SSSR count). The molecule has 24 heavy (non-hydrogen) atoms. The summed E-state index contributed by atoms with van der Waals surface area (Å²) in [7, 11) is 0. The van der Waals surface area contributed by atoms with E-state index in [0.29, 0.717) is 25.4 Å². The minimum Gasteiger partial charge on any atom is -0.370 e. The lowest BCUT2D eigenvalue weighted by Crippen LogP contribution is -2.48. The molecular formula is C17H19N3O3S. The zero-order valence-electron chi connectivity index (χ0n) is 13.1. The summed E-state index contributed by atoms with van der Waals surface area (Å²) in [5.41, 5.74) is 1.79. The molecule has 0 unspecified atom stereocenters. The highest BCUT2D eigenvalue weighted by molar-refractivity contribution is 7.07. The minimum atomic E-state index is -0.253. The molecule has 1 aliphatic rings. The number of carbonyl (C=O) groups is 2. The van der Waals surface area contributed by atoms with E-state index >= 15 is 0 Å². The number of morpholine rings is 1. The van der Waals surface area contributed by atoms with Gasteiger partial charge in [0.15, 0.2) is 0 Å². The summed E-state index contributed by atoms with van der Waals surface area (Å²) in [4.78, 5) is 25.8. The third-order valence-corrected chi connectivity index (χ3v) is 4.43. The highest BCUT2D eigenvalue weighted by Gasteiger charge is 2.25. The maximum atomic E-state index is 12.3. The normalized spacial score (nSPS) is 17.3. The average molecular weight is 345 g/mol. The number of thiophene rings is 1. The molecule has 0 saturated carbocycles. The molecule has 1 atom stereocenters. The number of carbonyl (C=O) groups excluding carboxylic acids is 2. The lowest BCUT2D eigenvalue weighted by Gasteiger charge is -2.32. The first-order chi connectivity index (χ1) is 11.7. The number of nitrogens with zero attached hydrogens (tertiary/aromatic N) is 1. The summed E-state index contributed by atoms with van der Waals surface area (Å²) in [6.45, 7) is 1.44. The van der Waals surface area contributed by atoms with Crippen LogP contribution in [0.5, 0.6) is 0 Å². The molecule has 7 heteroatoms. The van der Waals surface area contributed by atoms with Gasteiger partial charge < -0.3 is 20.3 Å². The Labute approximate surface area is 144 Å². The SMILES string of the molecule is O=C(CNC(=O)N1CCO[C@@H](c2ccsc2)C1)Nc1ccccc1. The Hall–Kier alpha value is -2.38. The third kappa shape index (κ3) is 4.33. The van der Waals surface area contributed by atoms with Gasteiger partial charge in [0, 0.05) is 12.2 Å².